The molecule has 2 rings (SSSR count). The SMILES string of the molecule is CNC(c1occc1Br)C1CN(C(C)C)CCO1. The molecule has 1 aliphatic rings. The summed E-state index contributed by atoms with van der Waals surface area (Å²) in [5.74, 6) is 0.910. The van der Waals surface area contributed by atoms with Crippen molar-refractivity contribution in [3.63, 3.8) is 0 Å². The highest BCUT2D eigenvalue weighted by Crippen LogP contribution is 2.29. The van der Waals surface area contributed by atoms with Crippen molar-refractivity contribution in [3.8, 4) is 0 Å². The molecule has 5 heteroatoms. The second kappa shape index (κ2) is 6.19. The summed E-state index contributed by atoms with van der Waals surface area (Å²) in [6, 6.07) is 2.55. The van der Waals surface area contributed by atoms with E-state index >= 15 is 0 Å². The van der Waals surface area contributed by atoms with E-state index < -0.39 is 0 Å². The van der Waals surface area contributed by atoms with Crippen LogP contribution in [0.5, 0.6) is 0 Å². The van der Waals surface area contributed by atoms with Gasteiger partial charge in [0.2, 0.25) is 0 Å². The zero-order chi connectivity index (χ0) is 13.1. The number of likely N-dealkylation sites (N-methyl/N-ethyl adjacent to an activating group) is 1. The minimum atomic E-state index is 0.0796. The lowest BCUT2D eigenvalue weighted by Crippen LogP contribution is -2.49. The van der Waals surface area contributed by atoms with Crippen LogP contribution in [0.4, 0.5) is 0 Å². The lowest BCUT2D eigenvalue weighted by molar-refractivity contribution is -0.0580. The fraction of sp³-hybridized carbons (Fsp3) is 0.692. The van der Waals surface area contributed by atoms with Gasteiger partial charge in [-0.15, -0.1) is 0 Å². The van der Waals surface area contributed by atoms with Crippen molar-refractivity contribution in [1.82, 2.24) is 10.2 Å². The molecular weight excluding hydrogens is 296 g/mol. The number of furan rings is 1. The van der Waals surface area contributed by atoms with Crippen molar-refractivity contribution in [2.45, 2.75) is 32.0 Å². The van der Waals surface area contributed by atoms with Crippen molar-refractivity contribution >= 4 is 15.9 Å². The molecule has 0 aliphatic carbocycles. The largest absolute Gasteiger partial charge is 0.466 e. The maximum Gasteiger partial charge on any atom is 0.137 e. The molecule has 1 aliphatic heterocycles. The van der Waals surface area contributed by atoms with E-state index in [1.54, 1.807) is 6.26 Å². The third kappa shape index (κ3) is 2.96. The second-order valence-corrected chi connectivity index (χ2v) is 5.75. The van der Waals surface area contributed by atoms with Gasteiger partial charge in [-0.3, -0.25) is 4.90 Å². The summed E-state index contributed by atoms with van der Waals surface area (Å²) in [7, 11) is 1.94. The van der Waals surface area contributed by atoms with E-state index in [4.69, 9.17) is 9.15 Å². The first-order valence-corrected chi connectivity index (χ1v) is 7.18. The van der Waals surface area contributed by atoms with E-state index in [0.717, 1.165) is 29.9 Å². The number of hydrogen-bond donors (Lipinski definition) is 1. The first kappa shape index (κ1) is 14.1. The Balaban J connectivity index is 2.11. The summed E-state index contributed by atoms with van der Waals surface area (Å²) in [4.78, 5) is 2.44. The van der Waals surface area contributed by atoms with E-state index in [-0.39, 0.29) is 12.1 Å². The summed E-state index contributed by atoms with van der Waals surface area (Å²) < 4.78 is 12.5. The third-order valence-electron chi connectivity index (χ3n) is 3.47. The second-order valence-electron chi connectivity index (χ2n) is 4.90. The Morgan fingerprint density at radius 1 is 1.50 bits per heavy atom. The molecule has 1 fully saturated rings. The molecule has 1 aromatic rings. The average molecular weight is 317 g/mol. The minimum Gasteiger partial charge on any atom is -0.466 e. The van der Waals surface area contributed by atoms with E-state index in [1.165, 1.54) is 0 Å². The zero-order valence-electron chi connectivity index (χ0n) is 11.1. The lowest BCUT2D eigenvalue weighted by atomic mass is 10.1. The van der Waals surface area contributed by atoms with Crippen LogP contribution in [0.3, 0.4) is 0 Å². The van der Waals surface area contributed by atoms with Crippen molar-refractivity contribution in [3.05, 3.63) is 22.6 Å². The maximum atomic E-state index is 5.91. The maximum absolute atomic E-state index is 5.91. The Hall–Kier alpha value is -0.360. The first-order valence-electron chi connectivity index (χ1n) is 6.39. The van der Waals surface area contributed by atoms with Crippen molar-refractivity contribution in [2.75, 3.05) is 26.7 Å². The topological polar surface area (TPSA) is 37.6 Å². The van der Waals surface area contributed by atoms with Crippen LogP contribution in [-0.4, -0.2) is 43.8 Å². The number of ether oxygens (including phenoxy) is 1. The van der Waals surface area contributed by atoms with Gasteiger partial charge in [-0.25, -0.2) is 0 Å². The highest BCUT2D eigenvalue weighted by atomic mass is 79.9. The van der Waals surface area contributed by atoms with Crippen LogP contribution in [0.15, 0.2) is 21.2 Å². The van der Waals surface area contributed by atoms with Crippen LogP contribution in [0.1, 0.15) is 25.6 Å². The monoisotopic (exact) mass is 316 g/mol. The van der Waals surface area contributed by atoms with Gasteiger partial charge in [0, 0.05) is 19.1 Å². The van der Waals surface area contributed by atoms with E-state index in [9.17, 15) is 0 Å². The Morgan fingerprint density at radius 3 is 2.83 bits per heavy atom. The van der Waals surface area contributed by atoms with Crippen molar-refractivity contribution < 1.29 is 9.15 Å². The molecule has 1 saturated heterocycles. The molecule has 2 unspecified atom stereocenters. The van der Waals surface area contributed by atoms with Gasteiger partial charge in [0.05, 0.1) is 29.5 Å². The van der Waals surface area contributed by atoms with Crippen LogP contribution < -0.4 is 5.32 Å². The number of rotatable bonds is 4. The average Bonchev–Trinajstić information content (AvgIpc) is 2.77. The number of nitrogens with one attached hydrogen (secondary N) is 1. The Bertz CT molecular complexity index is 381. The number of nitrogens with zero attached hydrogens (tertiary/aromatic N) is 1. The molecule has 1 aromatic heterocycles. The molecular formula is C13H21BrN2O2. The summed E-state index contributed by atoms with van der Waals surface area (Å²) in [5, 5.41) is 3.30. The number of halogens is 1. The molecule has 2 atom stereocenters. The number of hydrogen-bond acceptors (Lipinski definition) is 4. The molecule has 1 N–H and O–H groups in total. The highest BCUT2D eigenvalue weighted by Gasteiger charge is 2.32. The Morgan fingerprint density at radius 2 is 2.28 bits per heavy atom. The van der Waals surface area contributed by atoms with Crippen molar-refractivity contribution in [1.29, 1.82) is 0 Å². The van der Waals surface area contributed by atoms with Gasteiger partial charge in [0.15, 0.2) is 0 Å². The fourth-order valence-corrected chi connectivity index (χ4v) is 2.83. The van der Waals surface area contributed by atoms with Crippen LogP contribution in [0.25, 0.3) is 0 Å². The van der Waals surface area contributed by atoms with Gasteiger partial charge in [0.1, 0.15) is 5.76 Å². The molecule has 102 valence electrons. The summed E-state index contributed by atoms with van der Waals surface area (Å²) in [6.45, 7) is 7.15. The quantitative estimate of drug-likeness (QED) is 0.925. The fourth-order valence-electron chi connectivity index (χ4n) is 2.38. The summed E-state index contributed by atoms with van der Waals surface area (Å²) in [5.41, 5.74) is 0. The highest BCUT2D eigenvalue weighted by molar-refractivity contribution is 9.10. The van der Waals surface area contributed by atoms with Gasteiger partial charge in [-0.2, -0.15) is 0 Å². The lowest BCUT2D eigenvalue weighted by Gasteiger charge is -2.38. The molecule has 0 bridgehead atoms. The van der Waals surface area contributed by atoms with Gasteiger partial charge in [-0.1, -0.05) is 0 Å². The molecule has 0 saturated carbocycles. The Kier molecular flexibility index (Phi) is 4.84. The summed E-state index contributed by atoms with van der Waals surface area (Å²) >= 11 is 3.52. The molecule has 0 aromatic carbocycles. The third-order valence-corrected chi connectivity index (χ3v) is 4.12. The van der Waals surface area contributed by atoms with Gasteiger partial charge >= 0.3 is 0 Å². The van der Waals surface area contributed by atoms with E-state index in [2.05, 4.69) is 40.0 Å². The minimum absolute atomic E-state index is 0.0796. The molecule has 0 spiro atoms. The normalized spacial score (nSPS) is 23.5. The van der Waals surface area contributed by atoms with Gasteiger partial charge < -0.3 is 14.5 Å². The standard InChI is InChI=1S/C13H21BrN2O2/c1-9(2)16-5-7-17-11(8-16)12(15-3)13-10(14)4-6-18-13/h4,6,9,11-12,15H,5,7-8H2,1-3H3. The molecule has 0 amide bonds. The molecule has 18 heavy (non-hydrogen) atoms. The Labute approximate surface area is 117 Å². The van der Waals surface area contributed by atoms with E-state index in [0.29, 0.717) is 6.04 Å². The molecule has 2 heterocycles. The zero-order valence-corrected chi connectivity index (χ0v) is 12.7. The predicted molar refractivity (Wildman–Crippen MR) is 74.7 cm³/mol. The molecule has 0 radical (unpaired) electrons. The summed E-state index contributed by atoms with van der Waals surface area (Å²) in [6.07, 6.45) is 1.82. The van der Waals surface area contributed by atoms with Crippen molar-refractivity contribution in [2.24, 2.45) is 0 Å². The van der Waals surface area contributed by atoms with Gasteiger partial charge in [0.25, 0.3) is 0 Å². The first-order chi connectivity index (χ1) is 8.63. The molecule has 4 nitrogen and oxygen atoms in total. The van der Waals surface area contributed by atoms with Crippen LogP contribution in [0, 0.1) is 0 Å². The van der Waals surface area contributed by atoms with Crippen LogP contribution >= 0.6 is 15.9 Å². The predicted octanol–water partition coefficient (Wildman–Crippen LogP) is 2.41. The van der Waals surface area contributed by atoms with Crippen LogP contribution in [-0.2, 0) is 4.74 Å². The van der Waals surface area contributed by atoms with Gasteiger partial charge in [-0.05, 0) is 42.9 Å². The number of morpholine rings is 1. The van der Waals surface area contributed by atoms with Crippen LogP contribution in [0.2, 0.25) is 0 Å². The smallest absolute Gasteiger partial charge is 0.137 e. The van der Waals surface area contributed by atoms with E-state index in [1.807, 2.05) is 13.1 Å².